The van der Waals surface area contributed by atoms with Crippen LogP contribution in [-0.4, -0.2) is 43.9 Å². The van der Waals surface area contributed by atoms with Crippen molar-refractivity contribution in [3.63, 3.8) is 0 Å². The standard InChI is InChI=1S/C21H18N6O3S/c28-18(25-14-5-7-15(8-6-14)26-13-22-12-24-26)11-23-20(30)21-10-9-19(29)27(21)16-3-1-2-4-17(16)31-21/h1-8,12-13H,9-11H2,(H,23,30)(H,25,28). The number of amides is 3. The Morgan fingerprint density at radius 2 is 1.94 bits per heavy atom. The van der Waals surface area contributed by atoms with Crippen molar-refractivity contribution in [3.8, 4) is 5.69 Å². The molecule has 2 aliphatic rings. The molecule has 10 heteroatoms. The van der Waals surface area contributed by atoms with E-state index in [1.165, 1.54) is 18.1 Å². The van der Waals surface area contributed by atoms with Crippen molar-refractivity contribution in [1.82, 2.24) is 20.1 Å². The molecule has 1 atom stereocenters. The van der Waals surface area contributed by atoms with Crippen molar-refractivity contribution < 1.29 is 14.4 Å². The van der Waals surface area contributed by atoms with Crippen LogP contribution in [0.15, 0.2) is 66.1 Å². The second-order valence-electron chi connectivity index (χ2n) is 7.20. The fourth-order valence-corrected chi connectivity index (χ4v) is 5.28. The molecule has 3 aromatic rings. The highest BCUT2D eigenvalue weighted by atomic mass is 32.2. The van der Waals surface area contributed by atoms with E-state index in [4.69, 9.17) is 0 Å². The number of anilines is 2. The van der Waals surface area contributed by atoms with E-state index in [1.54, 1.807) is 40.2 Å². The molecule has 9 nitrogen and oxygen atoms in total. The van der Waals surface area contributed by atoms with Gasteiger partial charge in [-0.2, -0.15) is 5.10 Å². The Balaban J connectivity index is 1.23. The Labute approximate surface area is 181 Å². The van der Waals surface area contributed by atoms with Gasteiger partial charge in [0, 0.05) is 17.0 Å². The number of rotatable bonds is 5. The molecule has 0 radical (unpaired) electrons. The first kappa shape index (κ1) is 19.3. The first-order valence-electron chi connectivity index (χ1n) is 9.71. The molecule has 0 spiro atoms. The van der Waals surface area contributed by atoms with Crippen LogP contribution in [0.3, 0.4) is 0 Å². The van der Waals surface area contributed by atoms with E-state index in [0.29, 0.717) is 18.5 Å². The molecule has 1 unspecified atom stereocenters. The van der Waals surface area contributed by atoms with E-state index in [1.807, 2.05) is 24.3 Å². The molecular weight excluding hydrogens is 416 g/mol. The Bertz CT molecular complexity index is 1160. The van der Waals surface area contributed by atoms with E-state index in [-0.39, 0.29) is 24.3 Å². The number of para-hydroxylation sites is 1. The number of nitrogens with one attached hydrogen (secondary N) is 2. The molecule has 3 heterocycles. The topological polar surface area (TPSA) is 109 Å². The molecule has 31 heavy (non-hydrogen) atoms. The molecule has 1 saturated heterocycles. The fourth-order valence-electron chi connectivity index (χ4n) is 3.84. The van der Waals surface area contributed by atoms with Crippen LogP contribution in [0.5, 0.6) is 0 Å². The lowest BCUT2D eigenvalue weighted by Gasteiger charge is -2.29. The first-order chi connectivity index (χ1) is 15.1. The summed E-state index contributed by atoms with van der Waals surface area (Å²) in [7, 11) is 0. The van der Waals surface area contributed by atoms with Crippen molar-refractivity contribution in [2.75, 3.05) is 16.8 Å². The third-order valence-corrected chi connectivity index (χ3v) is 6.75. The molecule has 1 fully saturated rings. The lowest BCUT2D eigenvalue weighted by molar-refractivity contribution is -0.126. The molecule has 2 aromatic carbocycles. The monoisotopic (exact) mass is 434 g/mol. The average Bonchev–Trinajstić information content (AvgIpc) is 3.49. The van der Waals surface area contributed by atoms with Crippen molar-refractivity contribution in [3.05, 3.63) is 61.2 Å². The molecule has 156 valence electrons. The van der Waals surface area contributed by atoms with E-state index < -0.39 is 4.87 Å². The molecule has 0 aliphatic carbocycles. The van der Waals surface area contributed by atoms with Crippen molar-refractivity contribution in [2.24, 2.45) is 0 Å². The molecular formula is C21H18N6O3S. The number of hydrogen-bond donors (Lipinski definition) is 2. The molecule has 0 saturated carbocycles. The number of aromatic nitrogens is 3. The SMILES string of the molecule is O=C(CNC(=O)C12CCC(=O)N1c1ccccc1S2)Nc1ccc(-n2cncn2)cc1. The van der Waals surface area contributed by atoms with Crippen LogP contribution in [0.4, 0.5) is 11.4 Å². The van der Waals surface area contributed by atoms with Gasteiger partial charge >= 0.3 is 0 Å². The maximum absolute atomic E-state index is 13.1. The van der Waals surface area contributed by atoms with Crippen LogP contribution in [0.25, 0.3) is 5.69 Å². The van der Waals surface area contributed by atoms with Gasteiger partial charge in [-0.3, -0.25) is 19.3 Å². The van der Waals surface area contributed by atoms with Gasteiger partial charge in [-0.05, 0) is 42.8 Å². The summed E-state index contributed by atoms with van der Waals surface area (Å²) < 4.78 is 1.61. The van der Waals surface area contributed by atoms with Gasteiger partial charge < -0.3 is 10.6 Å². The molecule has 2 aliphatic heterocycles. The Morgan fingerprint density at radius 3 is 2.71 bits per heavy atom. The van der Waals surface area contributed by atoms with Gasteiger partial charge in [-0.15, -0.1) is 0 Å². The van der Waals surface area contributed by atoms with Crippen molar-refractivity contribution in [1.29, 1.82) is 0 Å². The number of hydrogen-bond acceptors (Lipinski definition) is 6. The highest BCUT2D eigenvalue weighted by molar-refractivity contribution is 8.02. The minimum atomic E-state index is -1.03. The van der Waals surface area contributed by atoms with Gasteiger partial charge in [-0.25, -0.2) is 9.67 Å². The van der Waals surface area contributed by atoms with Crippen LogP contribution >= 0.6 is 11.8 Å². The predicted octanol–water partition coefficient (Wildman–Crippen LogP) is 1.95. The minimum absolute atomic E-state index is 0.0791. The van der Waals surface area contributed by atoms with Gasteiger partial charge in [0.05, 0.1) is 17.9 Å². The Kier molecular flexibility index (Phi) is 4.70. The molecule has 5 rings (SSSR count). The van der Waals surface area contributed by atoms with Gasteiger partial charge in [-0.1, -0.05) is 23.9 Å². The quantitative estimate of drug-likeness (QED) is 0.635. The molecule has 2 N–H and O–H groups in total. The highest BCUT2D eigenvalue weighted by Crippen LogP contribution is 2.55. The average molecular weight is 434 g/mol. The maximum atomic E-state index is 13.1. The highest BCUT2D eigenvalue weighted by Gasteiger charge is 2.57. The zero-order valence-corrected chi connectivity index (χ0v) is 17.1. The van der Waals surface area contributed by atoms with E-state index in [0.717, 1.165) is 16.3 Å². The maximum Gasteiger partial charge on any atom is 0.257 e. The summed E-state index contributed by atoms with van der Waals surface area (Å²) in [4.78, 5) is 43.3. The van der Waals surface area contributed by atoms with Crippen LogP contribution in [0.1, 0.15) is 12.8 Å². The largest absolute Gasteiger partial charge is 0.344 e. The number of carbonyl (C=O) groups excluding carboxylic acids is 3. The minimum Gasteiger partial charge on any atom is -0.344 e. The van der Waals surface area contributed by atoms with Gasteiger partial charge in [0.15, 0.2) is 4.87 Å². The van der Waals surface area contributed by atoms with Crippen LogP contribution < -0.4 is 15.5 Å². The second kappa shape index (κ2) is 7.55. The summed E-state index contributed by atoms with van der Waals surface area (Å²) in [5, 5.41) is 9.52. The molecule has 0 bridgehead atoms. The predicted molar refractivity (Wildman–Crippen MR) is 115 cm³/mol. The van der Waals surface area contributed by atoms with E-state index in [9.17, 15) is 14.4 Å². The number of nitrogens with zero attached hydrogens (tertiary/aromatic N) is 4. The zero-order valence-electron chi connectivity index (χ0n) is 16.3. The smallest absolute Gasteiger partial charge is 0.257 e. The normalized spacial score (nSPS) is 19.1. The van der Waals surface area contributed by atoms with Crippen molar-refractivity contribution >= 4 is 40.9 Å². The Morgan fingerprint density at radius 1 is 1.13 bits per heavy atom. The summed E-state index contributed by atoms with van der Waals surface area (Å²) in [5.41, 5.74) is 2.16. The van der Waals surface area contributed by atoms with Crippen LogP contribution in [-0.2, 0) is 14.4 Å². The number of benzene rings is 2. The first-order valence-corrected chi connectivity index (χ1v) is 10.5. The zero-order chi connectivity index (χ0) is 21.4. The van der Waals surface area contributed by atoms with Gasteiger partial charge in [0.25, 0.3) is 5.91 Å². The number of thioether (sulfide) groups is 1. The lowest BCUT2D eigenvalue weighted by Crippen LogP contribution is -2.53. The summed E-state index contributed by atoms with van der Waals surface area (Å²) in [6, 6.07) is 14.6. The van der Waals surface area contributed by atoms with Crippen LogP contribution in [0.2, 0.25) is 0 Å². The van der Waals surface area contributed by atoms with E-state index >= 15 is 0 Å². The molecule has 1 aromatic heterocycles. The summed E-state index contributed by atoms with van der Waals surface area (Å²) in [6.45, 7) is -0.190. The van der Waals surface area contributed by atoms with Gasteiger partial charge in [0.1, 0.15) is 12.7 Å². The summed E-state index contributed by atoms with van der Waals surface area (Å²) >= 11 is 1.37. The molecule has 3 amide bonds. The fraction of sp³-hybridized carbons (Fsp3) is 0.190. The lowest BCUT2D eigenvalue weighted by atomic mass is 10.2. The van der Waals surface area contributed by atoms with Crippen molar-refractivity contribution in [2.45, 2.75) is 22.6 Å². The summed E-state index contributed by atoms with van der Waals surface area (Å²) in [5.74, 6) is -0.768. The third kappa shape index (κ3) is 3.34. The third-order valence-electron chi connectivity index (χ3n) is 5.27. The number of fused-ring (bicyclic) bond motifs is 3. The summed E-state index contributed by atoms with van der Waals surface area (Å²) in [6.07, 6.45) is 3.73. The second-order valence-corrected chi connectivity index (χ2v) is 8.52. The van der Waals surface area contributed by atoms with Gasteiger partial charge in [0.2, 0.25) is 11.8 Å². The van der Waals surface area contributed by atoms with Crippen LogP contribution in [0, 0.1) is 0 Å². The Hall–Kier alpha value is -3.66. The van der Waals surface area contributed by atoms with E-state index in [2.05, 4.69) is 20.7 Å². The number of carbonyl (C=O) groups is 3.